The van der Waals surface area contributed by atoms with E-state index in [1.165, 1.54) is 37.7 Å². The van der Waals surface area contributed by atoms with Crippen molar-refractivity contribution in [2.75, 3.05) is 0 Å². The maximum atomic E-state index is 9.67. The highest BCUT2D eigenvalue weighted by atomic mass is 16.3. The summed E-state index contributed by atoms with van der Waals surface area (Å²) in [6, 6.07) is 41.5. The van der Waals surface area contributed by atoms with Crippen LogP contribution in [0.25, 0.3) is 67.2 Å². The molecule has 5 heteroatoms. The highest BCUT2D eigenvalue weighted by Gasteiger charge is 2.45. The third-order valence-corrected chi connectivity index (χ3v) is 11.1. The van der Waals surface area contributed by atoms with Crippen LogP contribution in [0.3, 0.4) is 0 Å². The van der Waals surface area contributed by atoms with Gasteiger partial charge in [-0.15, -0.1) is 0 Å². The Morgan fingerprint density at radius 2 is 1.28 bits per heavy atom. The molecule has 5 aromatic carbocycles. The van der Waals surface area contributed by atoms with Crippen molar-refractivity contribution in [3.05, 3.63) is 126 Å². The maximum Gasteiger partial charge on any atom is 0.164 e. The molecule has 5 nitrogen and oxygen atoms in total. The van der Waals surface area contributed by atoms with E-state index < -0.39 is 0 Å². The van der Waals surface area contributed by atoms with Gasteiger partial charge < -0.3 is 4.42 Å². The van der Waals surface area contributed by atoms with Crippen LogP contribution >= 0.6 is 0 Å². The van der Waals surface area contributed by atoms with E-state index in [4.69, 9.17) is 19.4 Å². The molecule has 2 aliphatic rings. The smallest absolute Gasteiger partial charge is 0.164 e. The highest BCUT2D eigenvalue weighted by molar-refractivity contribution is 6.12. The molecule has 0 radical (unpaired) electrons. The first kappa shape index (κ1) is 30.5. The third-order valence-electron chi connectivity index (χ3n) is 11.1. The van der Waals surface area contributed by atoms with E-state index in [-0.39, 0.29) is 5.41 Å². The maximum absolute atomic E-state index is 9.67. The van der Waals surface area contributed by atoms with Crippen LogP contribution < -0.4 is 0 Å². The van der Waals surface area contributed by atoms with Crippen LogP contribution in [-0.2, 0) is 5.41 Å². The van der Waals surface area contributed by atoms with E-state index in [0.29, 0.717) is 23.0 Å². The Kier molecular flexibility index (Phi) is 7.35. The van der Waals surface area contributed by atoms with Gasteiger partial charge in [0, 0.05) is 27.5 Å². The predicted octanol–water partition coefficient (Wildman–Crippen LogP) is 11.4. The van der Waals surface area contributed by atoms with E-state index in [0.717, 1.165) is 67.5 Å². The second-order valence-electron chi connectivity index (χ2n) is 14.9. The first-order valence-electron chi connectivity index (χ1n) is 17.8. The van der Waals surface area contributed by atoms with Crippen molar-refractivity contribution in [1.29, 1.82) is 5.26 Å². The lowest BCUT2D eigenvalue weighted by Crippen LogP contribution is -2.42. The van der Waals surface area contributed by atoms with Gasteiger partial charge in [-0.1, -0.05) is 98.8 Å². The van der Waals surface area contributed by atoms with Gasteiger partial charge in [0.15, 0.2) is 17.5 Å². The van der Waals surface area contributed by atoms with Crippen molar-refractivity contribution < 1.29 is 4.42 Å². The van der Waals surface area contributed by atoms with Gasteiger partial charge in [-0.05, 0) is 102 Å². The van der Waals surface area contributed by atoms with Gasteiger partial charge in [-0.3, -0.25) is 0 Å². The average molecular weight is 651 g/mol. The number of furan rings is 1. The summed E-state index contributed by atoms with van der Waals surface area (Å²) in [5, 5.41) is 11.7. The first-order valence-corrected chi connectivity index (χ1v) is 17.8. The molecule has 9 rings (SSSR count). The molecule has 0 N–H and O–H groups in total. The second-order valence-corrected chi connectivity index (χ2v) is 14.9. The monoisotopic (exact) mass is 650 g/mol. The van der Waals surface area contributed by atoms with Crippen molar-refractivity contribution in [2.24, 2.45) is 17.8 Å². The summed E-state index contributed by atoms with van der Waals surface area (Å²) >= 11 is 0. The molecule has 50 heavy (non-hydrogen) atoms. The van der Waals surface area contributed by atoms with Gasteiger partial charge in [0.25, 0.3) is 0 Å². The molecule has 2 saturated carbocycles. The fraction of sp³-hybridized carbons (Fsp3) is 0.244. The minimum absolute atomic E-state index is 0.222. The quantitative estimate of drug-likeness (QED) is 0.185. The summed E-state index contributed by atoms with van der Waals surface area (Å²) in [4.78, 5) is 15.2. The zero-order valence-electron chi connectivity index (χ0n) is 28.4. The number of nitriles is 1. The molecule has 2 fully saturated rings. The van der Waals surface area contributed by atoms with Crippen molar-refractivity contribution in [3.63, 3.8) is 0 Å². The SMILES string of the molecule is C[C@@H]1C[C@@H]2C[C@H](C)CC(c3ccc4c(c3)oc3cccc(-c5nc(-c6cccc(C#N)c6)nc(-c6cccc(-c7ccccc7)c6)n5)c34)(C1)C2. The lowest BCUT2D eigenvalue weighted by molar-refractivity contribution is 0.0781. The Balaban J connectivity index is 1.21. The largest absolute Gasteiger partial charge is 0.456 e. The molecule has 7 aromatic rings. The fourth-order valence-electron chi connectivity index (χ4n) is 9.35. The Hall–Kier alpha value is -5.60. The van der Waals surface area contributed by atoms with Gasteiger partial charge in [0.2, 0.25) is 0 Å². The Morgan fingerprint density at radius 3 is 2.04 bits per heavy atom. The molecule has 0 saturated heterocycles. The molecule has 4 atom stereocenters. The standard InChI is InChI=1S/C45H38N4O/c1-28-19-31-20-29(2)25-45(24-28,26-31)36-17-18-37-40(23-36)50-39-16-8-15-38(41(37)39)44-48-42(34-13-6-9-30(21-34)27-46)47-43(49-44)35-14-7-12-33(22-35)32-10-4-3-5-11-32/h3-18,21-23,28-29,31H,19-20,24-26H2,1-2H3/t28-,29+,31-,45?. The number of hydrogen-bond donors (Lipinski definition) is 0. The van der Waals surface area contributed by atoms with Gasteiger partial charge in [-0.25, -0.2) is 15.0 Å². The van der Waals surface area contributed by atoms with Crippen LogP contribution in [-0.4, -0.2) is 15.0 Å². The molecule has 1 unspecified atom stereocenters. The van der Waals surface area contributed by atoms with E-state index in [1.54, 1.807) is 6.07 Å². The zero-order chi connectivity index (χ0) is 33.8. The van der Waals surface area contributed by atoms with Crippen molar-refractivity contribution in [3.8, 4) is 51.4 Å². The number of aromatic nitrogens is 3. The molecular weight excluding hydrogens is 613 g/mol. The molecule has 0 spiro atoms. The highest BCUT2D eigenvalue weighted by Crippen LogP contribution is 2.54. The van der Waals surface area contributed by atoms with E-state index in [9.17, 15) is 5.26 Å². The molecule has 0 aliphatic heterocycles. The summed E-state index contributed by atoms with van der Waals surface area (Å²) in [7, 11) is 0. The molecule has 2 aliphatic carbocycles. The minimum Gasteiger partial charge on any atom is -0.456 e. The third kappa shape index (κ3) is 5.36. The summed E-state index contributed by atoms with van der Waals surface area (Å²) in [6.07, 6.45) is 6.50. The Labute approximate surface area is 292 Å². The van der Waals surface area contributed by atoms with E-state index in [1.807, 2.05) is 60.7 Å². The topological polar surface area (TPSA) is 75.6 Å². The first-order chi connectivity index (χ1) is 24.4. The lowest BCUT2D eigenvalue weighted by Gasteiger charge is -2.50. The van der Waals surface area contributed by atoms with Gasteiger partial charge in [0.05, 0.1) is 11.6 Å². The Bertz CT molecular complexity index is 2420. The average Bonchev–Trinajstić information content (AvgIpc) is 3.53. The predicted molar refractivity (Wildman–Crippen MR) is 200 cm³/mol. The molecule has 2 heterocycles. The normalized spacial score (nSPS) is 21.7. The van der Waals surface area contributed by atoms with Crippen LogP contribution in [0.5, 0.6) is 0 Å². The lowest BCUT2D eigenvalue weighted by atomic mass is 9.54. The van der Waals surface area contributed by atoms with E-state index >= 15 is 0 Å². The number of hydrogen-bond acceptors (Lipinski definition) is 5. The molecule has 0 amide bonds. The van der Waals surface area contributed by atoms with Crippen LogP contribution in [0.2, 0.25) is 0 Å². The van der Waals surface area contributed by atoms with Crippen molar-refractivity contribution in [1.82, 2.24) is 15.0 Å². The summed E-state index contributed by atoms with van der Waals surface area (Å²) in [5.74, 6) is 3.96. The van der Waals surface area contributed by atoms with E-state index in [2.05, 4.69) is 68.4 Å². The van der Waals surface area contributed by atoms with Gasteiger partial charge >= 0.3 is 0 Å². The summed E-state index contributed by atoms with van der Waals surface area (Å²) in [6.45, 7) is 4.88. The number of benzene rings is 5. The zero-order valence-corrected chi connectivity index (χ0v) is 28.4. The van der Waals surface area contributed by atoms with Gasteiger partial charge in [-0.2, -0.15) is 5.26 Å². The summed E-state index contributed by atoms with van der Waals surface area (Å²) < 4.78 is 6.65. The molecule has 2 bridgehead atoms. The molecular formula is C45H38N4O. The minimum atomic E-state index is 0.222. The number of rotatable bonds is 5. The molecule has 244 valence electrons. The molecule has 2 aromatic heterocycles. The summed E-state index contributed by atoms with van der Waals surface area (Å²) in [5.41, 5.74) is 8.70. The number of fused-ring (bicyclic) bond motifs is 5. The van der Waals surface area contributed by atoms with Gasteiger partial charge in [0.1, 0.15) is 11.2 Å². The van der Waals surface area contributed by atoms with Crippen LogP contribution in [0.4, 0.5) is 0 Å². The second kappa shape index (κ2) is 12.1. The van der Waals surface area contributed by atoms with Crippen LogP contribution in [0.1, 0.15) is 57.1 Å². The van der Waals surface area contributed by atoms with Crippen LogP contribution in [0, 0.1) is 29.1 Å². The van der Waals surface area contributed by atoms with Crippen molar-refractivity contribution in [2.45, 2.75) is 51.4 Å². The van der Waals surface area contributed by atoms with Crippen LogP contribution in [0.15, 0.2) is 120 Å². The fourth-order valence-corrected chi connectivity index (χ4v) is 9.35. The van der Waals surface area contributed by atoms with Crippen molar-refractivity contribution >= 4 is 21.9 Å². The number of nitrogens with zero attached hydrogens (tertiary/aromatic N) is 4. The Morgan fingerprint density at radius 1 is 0.620 bits per heavy atom.